The summed E-state index contributed by atoms with van der Waals surface area (Å²) in [5.74, 6) is -1.01. The lowest BCUT2D eigenvalue weighted by molar-refractivity contribution is -0.113. The molecule has 0 aliphatic carbocycles. The van der Waals surface area contributed by atoms with Gasteiger partial charge >= 0.3 is 5.97 Å². The first kappa shape index (κ1) is 18.9. The molecule has 27 heavy (non-hydrogen) atoms. The summed E-state index contributed by atoms with van der Waals surface area (Å²) < 4.78 is 5.11. The van der Waals surface area contributed by atoms with Crippen molar-refractivity contribution < 1.29 is 23.9 Å². The number of H-pyrrole nitrogens is 1. The molecule has 0 atom stereocenters. The van der Waals surface area contributed by atoms with E-state index < -0.39 is 18.4 Å². The molecule has 2 heterocycles. The second kappa shape index (κ2) is 7.40. The number of rotatable bonds is 5. The Hall–Kier alpha value is -2.87. The van der Waals surface area contributed by atoms with Crippen LogP contribution in [0.15, 0.2) is 23.1 Å². The van der Waals surface area contributed by atoms with Crippen molar-refractivity contribution in [1.29, 1.82) is 0 Å². The van der Waals surface area contributed by atoms with Crippen LogP contribution in [0.4, 0.5) is 5.69 Å². The lowest BCUT2D eigenvalue weighted by Gasteiger charge is -2.16. The van der Waals surface area contributed by atoms with Crippen LogP contribution in [0, 0.1) is 13.8 Å². The van der Waals surface area contributed by atoms with Gasteiger partial charge in [-0.2, -0.15) is 0 Å². The Labute approximate surface area is 159 Å². The van der Waals surface area contributed by atoms with Crippen LogP contribution >= 0.6 is 11.8 Å². The van der Waals surface area contributed by atoms with Crippen molar-refractivity contribution >= 4 is 40.9 Å². The smallest absolute Gasteiger partial charge is 0.338 e. The first-order valence-corrected chi connectivity index (χ1v) is 9.23. The van der Waals surface area contributed by atoms with Crippen molar-refractivity contribution in [3.05, 3.63) is 46.3 Å². The molecule has 3 rings (SSSR count). The van der Waals surface area contributed by atoms with E-state index in [2.05, 4.69) is 10.3 Å². The van der Waals surface area contributed by atoms with Gasteiger partial charge in [0, 0.05) is 16.2 Å². The molecule has 1 aromatic heterocycles. The third-order valence-corrected chi connectivity index (χ3v) is 5.32. The van der Waals surface area contributed by atoms with Crippen LogP contribution in [0.3, 0.4) is 0 Å². The number of fused-ring (bicyclic) bond motifs is 1. The van der Waals surface area contributed by atoms with Gasteiger partial charge in [-0.3, -0.25) is 14.4 Å². The van der Waals surface area contributed by atoms with E-state index in [9.17, 15) is 19.2 Å². The fourth-order valence-corrected chi connectivity index (χ4v) is 3.84. The Morgan fingerprint density at radius 1 is 1.22 bits per heavy atom. The summed E-state index contributed by atoms with van der Waals surface area (Å²) in [5, 5.41) is 2.70. The number of hydrogen-bond donors (Lipinski definition) is 2. The molecule has 0 bridgehead atoms. The first-order valence-electron chi connectivity index (χ1n) is 8.25. The molecule has 2 aromatic rings. The second-order valence-corrected chi connectivity index (χ2v) is 7.25. The average Bonchev–Trinajstić information content (AvgIpc) is 2.93. The fourth-order valence-electron chi connectivity index (χ4n) is 3.05. The molecule has 7 nitrogen and oxygen atoms in total. The highest BCUT2D eigenvalue weighted by Gasteiger charge is 2.22. The lowest BCUT2D eigenvalue weighted by Crippen LogP contribution is -2.20. The predicted molar refractivity (Wildman–Crippen MR) is 101 cm³/mol. The molecular formula is C19H18N2O5S. The summed E-state index contributed by atoms with van der Waals surface area (Å²) in [4.78, 5) is 51.5. The summed E-state index contributed by atoms with van der Waals surface area (Å²) in [6.45, 7) is 4.38. The third-order valence-electron chi connectivity index (χ3n) is 4.25. The molecular weight excluding hydrogens is 368 g/mol. The van der Waals surface area contributed by atoms with Crippen LogP contribution in [-0.4, -0.2) is 40.8 Å². The molecule has 2 N–H and O–H groups in total. The van der Waals surface area contributed by atoms with Crippen LogP contribution in [0.2, 0.25) is 0 Å². The molecule has 140 valence electrons. The van der Waals surface area contributed by atoms with E-state index in [4.69, 9.17) is 4.74 Å². The van der Waals surface area contributed by atoms with Gasteiger partial charge in [-0.1, -0.05) is 0 Å². The number of carbonyl (C=O) groups is 4. The number of carbonyl (C=O) groups excluding carboxylic acids is 4. The lowest BCUT2D eigenvalue weighted by atomic mass is 10.1. The van der Waals surface area contributed by atoms with Crippen molar-refractivity contribution in [1.82, 2.24) is 4.98 Å². The normalized spacial score (nSPS) is 12.9. The van der Waals surface area contributed by atoms with Crippen molar-refractivity contribution in [2.45, 2.75) is 25.7 Å². The topological polar surface area (TPSA) is 105 Å². The highest BCUT2D eigenvalue weighted by atomic mass is 32.2. The average molecular weight is 386 g/mol. The monoisotopic (exact) mass is 386 g/mol. The minimum atomic E-state index is -0.663. The van der Waals surface area contributed by atoms with Gasteiger partial charge in [-0.15, -0.1) is 11.8 Å². The van der Waals surface area contributed by atoms with E-state index in [0.29, 0.717) is 28.3 Å². The number of Topliss-reactive ketones (excluding diaryl/α,β-unsaturated/α-hetero) is 2. The van der Waals surface area contributed by atoms with Crippen molar-refractivity contribution in [2.75, 3.05) is 17.7 Å². The molecule has 8 heteroatoms. The summed E-state index contributed by atoms with van der Waals surface area (Å²) in [6.07, 6.45) is 0. The number of benzene rings is 1. The van der Waals surface area contributed by atoms with E-state index >= 15 is 0 Å². The fraction of sp³-hybridized carbons (Fsp3) is 0.263. The molecule has 1 aliphatic heterocycles. The second-order valence-electron chi connectivity index (χ2n) is 6.23. The van der Waals surface area contributed by atoms with Crippen LogP contribution in [0.25, 0.3) is 0 Å². The Morgan fingerprint density at radius 2 is 1.96 bits per heavy atom. The number of aromatic amines is 1. The summed E-state index contributed by atoms with van der Waals surface area (Å²) >= 11 is 1.39. The molecule has 0 radical (unpaired) electrons. The Balaban J connectivity index is 1.70. The zero-order chi connectivity index (χ0) is 19.7. The molecule has 0 saturated heterocycles. The predicted octanol–water partition coefficient (Wildman–Crippen LogP) is 2.92. The number of ether oxygens (including phenoxy) is 1. The van der Waals surface area contributed by atoms with Gasteiger partial charge in [-0.25, -0.2) is 4.79 Å². The number of thioether (sulfide) groups is 1. The quantitative estimate of drug-likeness (QED) is 0.605. The van der Waals surface area contributed by atoms with E-state index in [-0.39, 0.29) is 22.9 Å². The van der Waals surface area contributed by atoms with E-state index in [1.807, 2.05) is 0 Å². The molecule has 0 saturated carbocycles. The maximum absolute atomic E-state index is 12.4. The summed E-state index contributed by atoms with van der Waals surface area (Å²) in [6, 6.07) is 4.85. The maximum Gasteiger partial charge on any atom is 0.338 e. The Morgan fingerprint density at radius 3 is 2.63 bits per heavy atom. The standard InChI is InChI=1S/C19H18N2O5S/c1-9-17(11(3)22)10(2)20-18(9)14(23)7-26-19(25)12-4-5-15-13(6-12)21-16(24)8-27-15/h4-6,20H,7-8H2,1-3H3,(H,21,24). The van der Waals surface area contributed by atoms with Gasteiger partial charge in [-0.05, 0) is 44.5 Å². The number of amides is 1. The molecule has 0 unspecified atom stereocenters. The van der Waals surface area contributed by atoms with Gasteiger partial charge in [0.2, 0.25) is 11.7 Å². The van der Waals surface area contributed by atoms with Gasteiger partial charge < -0.3 is 15.0 Å². The zero-order valence-corrected chi connectivity index (χ0v) is 15.9. The van der Waals surface area contributed by atoms with Crippen molar-refractivity contribution in [2.24, 2.45) is 0 Å². The Bertz CT molecular complexity index is 977. The van der Waals surface area contributed by atoms with Crippen molar-refractivity contribution in [3.8, 4) is 0 Å². The van der Waals surface area contributed by atoms with Gasteiger partial charge in [0.15, 0.2) is 12.4 Å². The summed E-state index contributed by atoms with van der Waals surface area (Å²) in [7, 11) is 0. The zero-order valence-electron chi connectivity index (χ0n) is 15.1. The Kier molecular flexibility index (Phi) is 5.18. The van der Waals surface area contributed by atoms with Gasteiger partial charge in [0.05, 0.1) is 22.7 Å². The van der Waals surface area contributed by atoms with E-state index in [1.165, 1.54) is 24.8 Å². The third kappa shape index (κ3) is 3.80. The van der Waals surface area contributed by atoms with E-state index in [1.54, 1.807) is 26.0 Å². The number of aryl methyl sites for hydroxylation is 1. The number of nitrogens with one attached hydrogen (secondary N) is 2. The molecule has 0 spiro atoms. The SMILES string of the molecule is CC(=O)c1c(C)[nH]c(C(=O)COC(=O)c2ccc3c(c2)NC(=O)CS3)c1C. The highest BCUT2D eigenvalue weighted by Crippen LogP contribution is 2.32. The van der Waals surface area contributed by atoms with Crippen LogP contribution < -0.4 is 5.32 Å². The summed E-state index contributed by atoms with van der Waals surface area (Å²) in [5.41, 5.74) is 2.70. The first-order chi connectivity index (χ1) is 12.8. The van der Waals surface area contributed by atoms with Crippen molar-refractivity contribution in [3.63, 3.8) is 0 Å². The highest BCUT2D eigenvalue weighted by molar-refractivity contribution is 8.00. The van der Waals surface area contributed by atoms with Crippen LogP contribution in [-0.2, 0) is 9.53 Å². The van der Waals surface area contributed by atoms with Crippen LogP contribution in [0.5, 0.6) is 0 Å². The number of ketones is 2. The molecule has 1 aliphatic rings. The minimum absolute atomic E-state index is 0.132. The number of anilines is 1. The number of hydrogen-bond acceptors (Lipinski definition) is 6. The van der Waals surface area contributed by atoms with Gasteiger partial charge in [0.25, 0.3) is 0 Å². The minimum Gasteiger partial charge on any atom is -0.454 e. The van der Waals surface area contributed by atoms with Gasteiger partial charge in [0.1, 0.15) is 0 Å². The maximum atomic E-state index is 12.4. The van der Waals surface area contributed by atoms with E-state index in [0.717, 1.165) is 4.90 Å². The molecule has 1 amide bonds. The molecule has 1 aromatic carbocycles. The number of esters is 1. The van der Waals surface area contributed by atoms with Crippen LogP contribution in [0.1, 0.15) is 49.4 Å². The number of aromatic nitrogens is 1. The largest absolute Gasteiger partial charge is 0.454 e. The molecule has 0 fully saturated rings.